The normalized spacial score (nSPS) is 32.4. The summed E-state index contributed by atoms with van der Waals surface area (Å²) in [5.74, 6) is 0. The molecule has 0 bridgehead atoms. The van der Waals surface area contributed by atoms with Gasteiger partial charge in [0.15, 0.2) is 0 Å². The summed E-state index contributed by atoms with van der Waals surface area (Å²) in [6, 6.07) is 0.636. The lowest BCUT2D eigenvalue weighted by Gasteiger charge is -2.48. The highest BCUT2D eigenvalue weighted by Crippen LogP contribution is 2.24. The summed E-state index contributed by atoms with van der Waals surface area (Å²) in [5.41, 5.74) is 0.293. The number of ether oxygens (including phenoxy) is 2. The third-order valence-corrected chi connectivity index (χ3v) is 4.88. The molecule has 0 spiro atoms. The van der Waals surface area contributed by atoms with Crippen molar-refractivity contribution in [3.05, 3.63) is 0 Å². The lowest BCUT2D eigenvalue weighted by Crippen LogP contribution is -2.65. The molecule has 2 atom stereocenters. The molecule has 0 aliphatic carbocycles. The quantitative estimate of drug-likeness (QED) is 0.823. The third-order valence-electron chi connectivity index (χ3n) is 4.88. The maximum atomic E-state index is 5.82. The van der Waals surface area contributed by atoms with Crippen molar-refractivity contribution < 1.29 is 9.47 Å². The van der Waals surface area contributed by atoms with E-state index < -0.39 is 0 Å². The van der Waals surface area contributed by atoms with Crippen LogP contribution in [0.15, 0.2) is 0 Å². The fourth-order valence-corrected chi connectivity index (χ4v) is 3.28. The van der Waals surface area contributed by atoms with E-state index in [1.165, 1.54) is 19.3 Å². The van der Waals surface area contributed by atoms with Gasteiger partial charge in [-0.05, 0) is 19.3 Å². The van der Waals surface area contributed by atoms with Gasteiger partial charge in [-0.15, -0.1) is 0 Å². The molecule has 1 N–H and O–H groups in total. The van der Waals surface area contributed by atoms with E-state index in [-0.39, 0.29) is 6.10 Å². The number of piperazine rings is 1. The van der Waals surface area contributed by atoms with E-state index in [4.69, 9.17) is 9.47 Å². The van der Waals surface area contributed by atoms with Crippen molar-refractivity contribution in [3.8, 4) is 0 Å². The molecule has 4 nitrogen and oxygen atoms in total. The Hall–Kier alpha value is -0.160. The van der Waals surface area contributed by atoms with E-state index in [2.05, 4.69) is 31.0 Å². The van der Waals surface area contributed by atoms with E-state index in [9.17, 15) is 0 Å². The Balaban J connectivity index is 1.96. The first-order valence-corrected chi connectivity index (χ1v) is 7.91. The molecule has 2 aliphatic heterocycles. The van der Waals surface area contributed by atoms with Crippen molar-refractivity contribution in [1.82, 2.24) is 10.2 Å². The van der Waals surface area contributed by atoms with Gasteiger partial charge in [0, 0.05) is 31.2 Å². The molecular formula is C15H30N2O2. The van der Waals surface area contributed by atoms with Crippen LogP contribution in [-0.2, 0) is 9.47 Å². The van der Waals surface area contributed by atoms with E-state index >= 15 is 0 Å². The Labute approximate surface area is 117 Å². The van der Waals surface area contributed by atoms with Crippen molar-refractivity contribution in [2.75, 3.05) is 39.5 Å². The minimum absolute atomic E-state index is 0.257. The van der Waals surface area contributed by atoms with Crippen LogP contribution in [-0.4, -0.2) is 62.0 Å². The van der Waals surface area contributed by atoms with Crippen molar-refractivity contribution in [2.45, 2.75) is 57.7 Å². The van der Waals surface area contributed by atoms with Crippen LogP contribution in [0.25, 0.3) is 0 Å². The van der Waals surface area contributed by atoms with Crippen LogP contribution in [0.2, 0.25) is 0 Å². The van der Waals surface area contributed by atoms with Gasteiger partial charge in [0.2, 0.25) is 0 Å². The van der Waals surface area contributed by atoms with Gasteiger partial charge < -0.3 is 14.8 Å². The summed E-state index contributed by atoms with van der Waals surface area (Å²) < 4.78 is 11.4. The summed E-state index contributed by atoms with van der Waals surface area (Å²) in [4.78, 5) is 2.63. The first-order chi connectivity index (χ1) is 9.23. The van der Waals surface area contributed by atoms with Gasteiger partial charge in [-0.3, -0.25) is 4.90 Å². The highest BCUT2D eigenvalue weighted by molar-refractivity contribution is 4.97. The van der Waals surface area contributed by atoms with Crippen LogP contribution in [0.3, 0.4) is 0 Å². The Bertz CT molecular complexity index is 263. The Morgan fingerprint density at radius 3 is 2.58 bits per heavy atom. The monoisotopic (exact) mass is 270 g/mol. The van der Waals surface area contributed by atoms with Crippen LogP contribution < -0.4 is 5.32 Å². The van der Waals surface area contributed by atoms with Crippen molar-refractivity contribution in [2.24, 2.45) is 0 Å². The highest BCUT2D eigenvalue weighted by atomic mass is 16.6. The van der Waals surface area contributed by atoms with Gasteiger partial charge in [-0.2, -0.15) is 0 Å². The van der Waals surface area contributed by atoms with Crippen LogP contribution in [0.5, 0.6) is 0 Å². The Morgan fingerprint density at radius 2 is 2.00 bits per heavy atom. The number of nitrogens with one attached hydrogen (secondary N) is 1. The second-order valence-corrected chi connectivity index (χ2v) is 5.93. The van der Waals surface area contributed by atoms with E-state index in [1.807, 2.05) is 0 Å². The average molecular weight is 270 g/mol. The molecule has 0 radical (unpaired) electrons. The Kier molecular flexibility index (Phi) is 5.63. The van der Waals surface area contributed by atoms with Gasteiger partial charge in [-0.1, -0.05) is 20.8 Å². The first kappa shape index (κ1) is 15.2. The molecule has 19 heavy (non-hydrogen) atoms. The molecule has 0 saturated carbocycles. The summed E-state index contributed by atoms with van der Waals surface area (Å²) in [6.07, 6.45) is 3.84. The van der Waals surface area contributed by atoms with Gasteiger partial charge in [0.1, 0.15) is 0 Å². The maximum Gasteiger partial charge on any atom is 0.0936 e. The number of hydrogen-bond acceptors (Lipinski definition) is 4. The third kappa shape index (κ3) is 3.69. The van der Waals surface area contributed by atoms with Crippen LogP contribution in [0.1, 0.15) is 40.0 Å². The minimum Gasteiger partial charge on any atom is -0.376 e. The molecule has 2 aliphatic rings. The molecule has 2 unspecified atom stereocenters. The second-order valence-electron chi connectivity index (χ2n) is 5.93. The molecule has 2 rings (SSSR count). The topological polar surface area (TPSA) is 33.7 Å². The lowest BCUT2D eigenvalue weighted by molar-refractivity contribution is -0.106. The molecule has 4 heteroatoms. The van der Waals surface area contributed by atoms with Crippen LogP contribution >= 0.6 is 0 Å². The molecule has 112 valence electrons. The first-order valence-electron chi connectivity index (χ1n) is 7.91. The molecule has 0 amide bonds. The predicted octanol–water partition coefficient (Wildman–Crippen LogP) is 1.64. The summed E-state index contributed by atoms with van der Waals surface area (Å²) in [5, 5.41) is 3.79. The fraction of sp³-hybridized carbons (Fsp3) is 1.00. The average Bonchev–Trinajstić information content (AvgIpc) is 2.48. The van der Waals surface area contributed by atoms with Gasteiger partial charge in [0.05, 0.1) is 25.9 Å². The van der Waals surface area contributed by atoms with E-state index in [0.29, 0.717) is 11.6 Å². The molecule has 0 aromatic rings. The standard InChI is InChI=1S/C15H30N2O2/c1-4-13-9-16-15(5-2,6-3)12-17(13)10-14-11-18-7-8-19-14/h13-14,16H,4-12H2,1-3H3. The molecule has 0 aromatic heterocycles. The SMILES string of the molecule is CCC1CNC(CC)(CC)CN1CC1COCCO1. The summed E-state index contributed by atoms with van der Waals surface area (Å²) in [7, 11) is 0. The van der Waals surface area contributed by atoms with Gasteiger partial charge in [-0.25, -0.2) is 0 Å². The molecule has 2 saturated heterocycles. The predicted molar refractivity (Wildman–Crippen MR) is 77.5 cm³/mol. The summed E-state index contributed by atoms with van der Waals surface area (Å²) >= 11 is 0. The van der Waals surface area contributed by atoms with Crippen molar-refractivity contribution in [1.29, 1.82) is 0 Å². The lowest BCUT2D eigenvalue weighted by atomic mass is 9.88. The zero-order valence-electron chi connectivity index (χ0n) is 12.8. The van der Waals surface area contributed by atoms with Crippen molar-refractivity contribution in [3.63, 3.8) is 0 Å². The smallest absolute Gasteiger partial charge is 0.0936 e. The maximum absolute atomic E-state index is 5.82. The largest absolute Gasteiger partial charge is 0.376 e. The molecule has 0 aromatic carbocycles. The van der Waals surface area contributed by atoms with Crippen LogP contribution in [0.4, 0.5) is 0 Å². The minimum atomic E-state index is 0.257. The number of rotatable bonds is 5. The molecular weight excluding hydrogens is 240 g/mol. The number of hydrogen-bond donors (Lipinski definition) is 1. The van der Waals surface area contributed by atoms with Crippen LogP contribution in [0, 0.1) is 0 Å². The highest BCUT2D eigenvalue weighted by Gasteiger charge is 2.37. The van der Waals surface area contributed by atoms with Crippen molar-refractivity contribution >= 4 is 0 Å². The van der Waals surface area contributed by atoms with E-state index in [0.717, 1.165) is 39.5 Å². The zero-order chi connectivity index (χ0) is 13.7. The molecule has 2 fully saturated rings. The van der Waals surface area contributed by atoms with Gasteiger partial charge >= 0.3 is 0 Å². The van der Waals surface area contributed by atoms with E-state index in [1.54, 1.807) is 0 Å². The zero-order valence-corrected chi connectivity index (χ0v) is 12.8. The fourth-order valence-electron chi connectivity index (χ4n) is 3.28. The Morgan fingerprint density at radius 1 is 1.21 bits per heavy atom. The van der Waals surface area contributed by atoms with Gasteiger partial charge in [0.25, 0.3) is 0 Å². The summed E-state index contributed by atoms with van der Waals surface area (Å²) in [6.45, 7) is 12.4. The number of nitrogens with zero attached hydrogens (tertiary/aromatic N) is 1. The second kappa shape index (κ2) is 7.02. The molecule has 2 heterocycles.